The van der Waals surface area contributed by atoms with E-state index in [1.54, 1.807) is 23.1 Å². The second-order valence-electron chi connectivity index (χ2n) is 6.69. The van der Waals surface area contributed by atoms with Gasteiger partial charge < -0.3 is 14.5 Å². The molecule has 144 valence electrons. The lowest BCUT2D eigenvalue weighted by molar-refractivity contribution is -0.139. The van der Waals surface area contributed by atoms with E-state index in [0.717, 1.165) is 24.3 Å². The van der Waals surface area contributed by atoms with Crippen molar-refractivity contribution in [1.29, 1.82) is 0 Å². The van der Waals surface area contributed by atoms with Crippen LogP contribution in [0.25, 0.3) is 0 Å². The fourth-order valence-corrected chi connectivity index (χ4v) is 3.46. The molecule has 1 fully saturated rings. The Bertz CT molecular complexity index is 807. The number of carbonyl (C=O) groups is 1. The number of carbonyl (C=O) groups excluding carboxylic acids is 1. The molecule has 0 saturated carbocycles. The highest BCUT2D eigenvalue weighted by Gasteiger charge is 2.28. The van der Waals surface area contributed by atoms with Crippen molar-refractivity contribution in [3.05, 3.63) is 58.9 Å². The second-order valence-corrected chi connectivity index (χ2v) is 7.12. The predicted molar refractivity (Wildman–Crippen MR) is 106 cm³/mol. The van der Waals surface area contributed by atoms with Crippen LogP contribution in [-0.4, -0.2) is 43.1 Å². The van der Waals surface area contributed by atoms with Crippen LogP contribution in [0.1, 0.15) is 18.9 Å². The number of halogens is 2. The van der Waals surface area contributed by atoms with Gasteiger partial charge >= 0.3 is 0 Å². The van der Waals surface area contributed by atoms with E-state index in [2.05, 4.69) is 11.8 Å². The Balaban J connectivity index is 1.63. The Labute approximate surface area is 164 Å². The maximum Gasteiger partial charge on any atom is 0.263 e. The summed E-state index contributed by atoms with van der Waals surface area (Å²) < 4.78 is 19.5. The van der Waals surface area contributed by atoms with Gasteiger partial charge in [0.1, 0.15) is 0 Å². The summed E-state index contributed by atoms with van der Waals surface area (Å²) in [5.74, 6) is -0.431. The summed E-state index contributed by atoms with van der Waals surface area (Å²) in [6.07, 6.45) is -0.192. The minimum atomic E-state index is -0.679. The molecule has 1 aliphatic heterocycles. The van der Waals surface area contributed by atoms with E-state index in [1.807, 2.05) is 25.1 Å². The number of piperazine rings is 1. The molecule has 0 bridgehead atoms. The van der Waals surface area contributed by atoms with Crippen LogP contribution in [0.5, 0.6) is 5.75 Å². The predicted octanol–water partition coefficient (Wildman–Crippen LogP) is 4.29. The molecule has 1 heterocycles. The highest BCUT2D eigenvalue weighted by atomic mass is 35.5. The maximum absolute atomic E-state index is 13.8. The SMILES string of the molecule is CC[C@H](Oc1ccccc1F)C(=O)N1CCN(c2cc(Cl)ccc2C)CC1. The topological polar surface area (TPSA) is 32.8 Å². The quantitative estimate of drug-likeness (QED) is 0.763. The lowest BCUT2D eigenvalue weighted by Crippen LogP contribution is -2.52. The van der Waals surface area contributed by atoms with Crippen molar-refractivity contribution in [2.45, 2.75) is 26.4 Å². The number of benzene rings is 2. The van der Waals surface area contributed by atoms with Crippen LogP contribution in [0.3, 0.4) is 0 Å². The third-order valence-electron chi connectivity index (χ3n) is 4.86. The smallest absolute Gasteiger partial charge is 0.263 e. The summed E-state index contributed by atoms with van der Waals surface area (Å²) in [6.45, 7) is 6.57. The van der Waals surface area contributed by atoms with Gasteiger partial charge in [0.2, 0.25) is 0 Å². The number of ether oxygens (including phenoxy) is 1. The van der Waals surface area contributed by atoms with Crippen LogP contribution < -0.4 is 9.64 Å². The second kappa shape index (κ2) is 8.61. The number of para-hydroxylation sites is 1. The van der Waals surface area contributed by atoms with Crippen LogP contribution in [0.4, 0.5) is 10.1 Å². The third kappa shape index (κ3) is 4.53. The van der Waals surface area contributed by atoms with E-state index in [-0.39, 0.29) is 11.7 Å². The monoisotopic (exact) mass is 390 g/mol. The number of aryl methyl sites for hydroxylation is 1. The largest absolute Gasteiger partial charge is 0.478 e. The molecule has 1 atom stereocenters. The Morgan fingerprint density at radius 1 is 1.19 bits per heavy atom. The normalized spacial score (nSPS) is 15.6. The summed E-state index contributed by atoms with van der Waals surface area (Å²) in [5, 5.41) is 0.707. The number of anilines is 1. The average molecular weight is 391 g/mol. The molecule has 2 aromatic rings. The van der Waals surface area contributed by atoms with Crippen molar-refractivity contribution in [3.8, 4) is 5.75 Å². The Morgan fingerprint density at radius 3 is 2.56 bits per heavy atom. The maximum atomic E-state index is 13.8. The zero-order valence-corrected chi connectivity index (χ0v) is 16.4. The Hall–Kier alpha value is -2.27. The van der Waals surface area contributed by atoms with E-state index in [4.69, 9.17) is 16.3 Å². The fraction of sp³-hybridized carbons (Fsp3) is 0.381. The van der Waals surface area contributed by atoms with E-state index < -0.39 is 11.9 Å². The first-order valence-electron chi connectivity index (χ1n) is 9.20. The molecule has 0 aromatic heterocycles. The van der Waals surface area contributed by atoms with E-state index in [1.165, 1.54) is 6.07 Å². The van der Waals surface area contributed by atoms with E-state index in [0.29, 0.717) is 24.5 Å². The third-order valence-corrected chi connectivity index (χ3v) is 5.09. The summed E-state index contributed by atoms with van der Waals surface area (Å²) in [7, 11) is 0. The summed E-state index contributed by atoms with van der Waals surface area (Å²) >= 11 is 6.13. The van der Waals surface area contributed by atoms with Gasteiger partial charge in [-0.3, -0.25) is 4.79 Å². The number of rotatable bonds is 5. The average Bonchev–Trinajstić information content (AvgIpc) is 2.69. The highest BCUT2D eigenvalue weighted by Crippen LogP contribution is 2.26. The van der Waals surface area contributed by atoms with Gasteiger partial charge in [-0.2, -0.15) is 0 Å². The van der Waals surface area contributed by atoms with Crippen LogP contribution >= 0.6 is 11.6 Å². The van der Waals surface area contributed by atoms with Crippen molar-refractivity contribution in [3.63, 3.8) is 0 Å². The van der Waals surface area contributed by atoms with Gasteiger partial charge in [-0.1, -0.05) is 36.7 Å². The minimum absolute atomic E-state index is 0.0942. The number of amides is 1. The highest BCUT2D eigenvalue weighted by molar-refractivity contribution is 6.30. The molecule has 0 spiro atoms. The van der Waals surface area contributed by atoms with Gasteiger partial charge in [0.05, 0.1) is 0 Å². The molecular weight excluding hydrogens is 367 g/mol. The van der Waals surface area contributed by atoms with Gasteiger partial charge in [-0.25, -0.2) is 4.39 Å². The van der Waals surface area contributed by atoms with Gasteiger partial charge in [-0.05, 0) is 43.2 Å². The summed E-state index contributed by atoms with van der Waals surface area (Å²) in [4.78, 5) is 16.9. The lowest BCUT2D eigenvalue weighted by Gasteiger charge is -2.38. The molecule has 1 saturated heterocycles. The van der Waals surface area contributed by atoms with Crippen molar-refractivity contribution in [1.82, 2.24) is 4.90 Å². The molecule has 27 heavy (non-hydrogen) atoms. The Kier molecular flexibility index (Phi) is 6.22. The summed E-state index contributed by atoms with van der Waals surface area (Å²) in [6, 6.07) is 12.0. The van der Waals surface area contributed by atoms with E-state index >= 15 is 0 Å². The number of hydrogen-bond acceptors (Lipinski definition) is 3. The first-order chi connectivity index (χ1) is 13.0. The van der Waals surface area contributed by atoms with Crippen LogP contribution in [-0.2, 0) is 4.79 Å². The van der Waals surface area contributed by atoms with Gasteiger partial charge in [0.15, 0.2) is 17.7 Å². The fourth-order valence-electron chi connectivity index (χ4n) is 3.30. The van der Waals surface area contributed by atoms with Crippen LogP contribution in [0, 0.1) is 12.7 Å². The molecule has 0 radical (unpaired) electrons. The minimum Gasteiger partial charge on any atom is -0.478 e. The molecule has 2 aromatic carbocycles. The standard InChI is InChI=1S/C21H24ClFN2O2/c1-3-19(27-20-7-5-4-6-17(20)23)21(26)25-12-10-24(11-13-25)18-14-16(22)9-8-15(18)2/h4-9,14,19H,3,10-13H2,1-2H3/t19-/m0/s1. The molecule has 0 unspecified atom stereocenters. The number of nitrogens with zero attached hydrogens (tertiary/aromatic N) is 2. The van der Waals surface area contributed by atoms with Crippen molar-refractivity contribution in [2.75, 3.05) is 31.1 Å². The molecule has 1 aliphatic rings. The zero-order valence-electron chi connectivity index (χ0n) is 15.6. The van der Waals surface area contributed by atoms with Gasteiger partial charge in [0, 0.05) is 36.9 Å². The van der Waals surface area contributed by atoms with Crippen molar-refractivity contribution in [2.24, 2.45) is 0 Å². The van der Waals surface area contributed by atoms with Crippen molar-refractivity contribution < 1.29 is 13.9 Å². The molecule has 3 rings (SSSR count). The zero-order chi connectivity index (χ0) is 19.4. The van der Waals surface area contributed by atoms with E-state index in [9.17, 15) is 9.18 Å². The van der Waals surface area contributed by atoms with Crippen LogP contribution in [0.2, 0.25) is 5.02 Å². The first-order valence-corrected chi connectivity index (χ1v) is 9.58. The molecule has 6 heteroatoms. The molecule has 1 amide bonds. The first kappa shape index (κ1) is 19.5. The van der Waals surface area contributed by atoms with Gasteiger partial charge in [-0.15, -0.1) is 0 Å². The lowest BCUT2D eigenvalue weighted by atomic mass is 10.1. The molecular formula is C21H24ClFN2O2. The Morgan fingerprint density at radius 2 is 1.89 bits per heavy atom. The molecule has 0 N–H and O–H groups in total. The van der Waals surface area contributed by atoms with Gasteiger partial charge in [0.25, 0.3) is 5.91 Å². The number of hydrogen-bond donors (Lipinski definition) is 0. The van der Waals surface area contributed by atoms with Crippen LogP contribution in [0.15, 0.2) is 42.5 Å². The molecule has 0 aliphatic carbocycles. The van der Waals surface area contributed by atoms with Crippen molar-refractivity contribution >= 4 is 23.2 Å². The molecule has 4 nitrogen and oxygen atoms in total. The summed E-state index contributed by atoms with van der Waals surface area (Å²) in [5.41, 5.74) is 2.26.